The highest BCUT2D eigenvalue weighted by atomic mass is 16.5. The average Bonchev–Trinajstić information content (AvgIpc) is 3.32. The van der Waals surface area contributed by atoms with Crippen LogP contribution in [0, 0.1) is 6.92 Å². The van der Waals surface area contributed by atoms with Gasteiger partial charge in [0.25, 0.3) is 0 Å². The Morgan fingerprint density at radius 2 is 1.84 bits per heavy atom. The van der Waals surface area contributed by atoms with Crippen molar-refractivity contribution in [3.05, 3.63) is 65.2 Å². The molecule has 1 unspecified atom stereocenters. The predicted octanol–water partition coefficient (Wildman–Crippen LogP) is 4.01. The molecule has 0 spiro atoms. The van der Waals surface area contributed by atoms with Crippen LogP contribution >= 0.6 is 0 Å². The van der Waals surface area contributed by atoms with E-state index in [1.807, 2.05) is 12.1 Å². The smallest absolute Gasteiger partial charge is 0.230 e. The Morgan fingerprint density at radius 3 is 2.48 bits per heavy atom. The van der Waals surface area contributed by atoms with Crippen molar-refractivity contribution in [2.75, 3.05) is 40.0 Å². The lowest BCUT2D eigenvalue weighted by Crippen LogP contribution is -2.48. The summed E-state index contributed by atoms with van der Waals surface area (Å²) in [4.78, 5) is 16.0. The molecule has 1 N–H and O–H groups in total. The van der Waals surface area contributed by atoms with Gasteiger partial charge < -0.3 is 14.8 Å². The zero-order valence-electron chi connectivity index (χ0n) is 18.7. The summed E-state index contributed by atoms with van der Waals surface area (Å²) in [5.74, 6) is 1.01. The molecule has 4 rings (SSSR count). The minimum Gasteiger partial charge on any atom is -0.497 e. The first-order valence-electron chi connectivity index (χ1n) is 11.4. The highest BCUT2D eigenvalue weighted by Gasteiger charge is 2.42. The first-order chi connectivity index (χ1) is 15.1. The second kappa shape index (κ2) is 9.84. The van der Waals surface area contributed by atoms with E-state index in [9.17, 15) is 4.79 Å². The van der Waals surface area contributed by atoms with Gasteiger partial charge in [0.1, 0.15) is 5.75 Å². The Morgan fingerprint density at radius 1 is 1.13 bits per heavy atom. The Labute approximate surface area is 185 Å². The van der Waals surface area contributed by atoms with Crippen molar-refractivity contribution in [1.29, 1.82) is 0 Å². The summed E-state index contributed by atoms with van der Waals surface area (Å²) >= 11 is 0. The normalized spacial score (nSPS) is 19.7. The second-order valence-electron chi connectivity index (χ2n) is 8.81. The molecule has 5 heteroatoms. The monoisotopic (exact) mass is 422 g/mol. The second-order valence-corrected chi connectivity index (χ2v) is 8.81. The summed E-state index contributed by atoms with van der Waals surface area (Å²) in [7, 11) is 1.68. The number of carbonyl (C=O) groups is 1. The van der Waals surface area contributed by atoms with Crippen LogP contribution in [0.1, 0.15) is 48.4 Å². The van der Waals surface area contributed by atoms with Crippen LogP contribution in [0.25, 0.3) is 0 Å². The molecule has 31 heavy (non-hydrogen) atoms. The molecule has 2 aliphatic rings. The summed E-state index contributed by atoms with van der Waals surface area (Å²) in [6.07, 6.45) is 4.06. The van der Waals surface area contributed by atoms with E-state index < -0.39 is 5.41 Å². The van der Waals surface area contributed by atoms with E-state index in [0.29, 0.717) is 6.54 Å². The molecular formula is C26H34N2O3. The third-order valence-electron chi connectivity index (χ3n) is 6.91. The van der Waals surface area contributed by atoms with E-state index in [2.05, 4.69) is 53.5 Å². The van der Waals surface area contributed by atoms with Crippen molar-refractivity contribution in [2.24, 2.45) is 0 Å². The van der Waals surface area contributed by atoms with Gasteiger partial charge in [0.2, 0.25) is 5.91 Å². The molecule has 0 aromatic heterocycles. The zero-order chi connectivity index (χ0) is 21.7. The summed E-state index contributed by atoms with van der Waals surface area (Å²) in [6.45, 7) is 5.90. The van der Waals surface area contributed by atoms with Crippen LogP contribution < -0.4 is 10.1 Å². The Bertz CT molecular complexity index is 868. The Kier molecular flexibility index (Phi) is 6.93. The fourth-order valence-electron chi connectivity index (χ4n) is 5.10. The number of amides is 1. The molecule has 1 saturated heterocycles. The van der Waals surface area contributed by atoms with E-state index in [4.69, 9.17) is 9.47 Å². The van der Waals surface area contributed by atoms with Crippen molar-refractivity contribution in [1.82, 2.24) is 10.2 Å². The van der Waals surface area contributed by atoms with Gasteiger partial charge in [-0.15, -0.1) is 0 Å². The molecule has 166 valence electrons. The zero-order valence-corrected chi connectivity index (χ0v) is 18.7. The minimum atomic E-state index is -0.401. The molecule has 1 saturated carbocycles. The van der Waals surface area contributed by atoms with Crippen LogP contribution in [-0.2, 0) is 14.9 Å². The van der Waals surface area contributed by atoms with Gasteiger partial charge in [0, 0.05) is 19.6 Å². The molecule has 1 aliphatic heterocycles. The summed E-state index contributed by atoms with van der Waals surface area (Å²) in [5.41, 5.74) is 3.16. The summed E-state index contributed by atoms with van der Waals surface area (Å²) in [6, 6.07) is 16.8. The van der Waals surface area contributed by atoms with Crippen LogP contribution in [0.4, 0.5) is 0 Å². The third-order valence-corrected chi connectivity index (χ3v) is 6.91. The fourth-order valence-corrected chi connectivity index (χ4v) is 5.10. The molecular weight excluding hydrogens is 388 g/mol. The average molecular weight is 423 g/mol. The maximum absolute atomic E-state index is 13.6. The minimum absolute atomic E-state index is 0.120. The lowest BCUT2D eigenvalue weighted by molar-refractivity contribution is -0.127. The topological polar surface area (TPSA) is 50.8 Å². The molecule has 1 aliphatic carbocycles. The van der Waals surface area contributed by atoms with Gasteiger partial charge in [-0.3, -0.25) is 9.69 Å². The molecule has 1 heterocycles. The van der Waals surface area contributed by atoms with Crippen LogP contribution in [0.2, 0.25) is 0 Å². The molecule has 1 amide bonds. The first kappa shape index (κ1) is 21.8. The quantitative estimate of drug-likeness (QED) is 0.733. The molecule has 2 fully saturated rings. The van der Waals surface area contributed by atoms with Gasteiger partial charge in [0.15, 0.2) is 0 Å². The fraction of sp³-hybridized carbons (Fsp3) is 0.500. The number of nitrogens with zero attached hydrogens (tertiary/aromatic N) is 1. The van der Waals surface area contributed by atoms with E-state index in [1.54, 1.807) is 7.11 Å². The molecule has 0 radical (unpaired) electrons. The van der Waals surface area contributed by atoms with Crippen LogP contribution in [0.5, 0.6) is 5.75 Å². The third kappa shape index (κ3) is 4.78. The van der Waals surface area contributed by atoms with Crippen LogP contribution in [0.3, 0.4) is 0 Å². The van der Waals surface area contributed by atoms with Gasteiger partial charge in [-0.1, -0.05) is 54.8 Å². The summed E-state index contributed by atoms with van der Waals surface area (Å²) in [5, 5.41) is 3.36. The number of ether oxygens (including phenoxy) is 2. The maximum Gasteiger partial charge on any atom is 0.230 e. The lowest BCUT2D eigenvalue weighted by atomic mass is 9.77. The van der Waals surface area contributed by atoms with Gasteiger partial charge in [-0.25, -0.2) is 0 Å². The lowest BCUT2D eigenvalue weighted by Gasteiger charge is -2.36. The molecule has 5 nitrogen and oxygen atoms in total. The van der Waals surface area contributed by atoms with Crippen molar-refractivity contribution in [3.8, 4) is 5.75 Å². The van der Waals surface area contributed by atoms with Crippen molar-refractivity contribution in [2.45, 2.75) is 44.1 Å². The predicted molar refractivity (Wildman–Crippen MR) is 122 cm³/mol. The van der Waals surface area contributed by atoms with E-state index >= 15 is 0 Å². The Hall–Kier alpha value is -2.37. The number of hydrogen-bond donors (Lipinski definition) is 1. The van der Waals surface area contributed by atoms with Crippen molar-refractivity contribution in [3.63, 3.8) is 0 Å². The summed E-state index contributed by atoms with van der Waals surface area (Å²) < 4.78 is 10.9. The molecule has 2 aromatic rings. The van der Waals surface area contributed by atoms with Gasteiger partial charge in [-0.2, -0.15) is 0 Å². The maximum atomic E-state index is 13.6. The number of methoxy groups -OCH3 is 1. The number of benzene rings is 2. The van der Waals surface area contributed by atoms with Gasteiger partial charge >= 0.3 is 0 Å². The molecule has 2 aromatic carbocycles. The molecule has 0 bridgehead atoms. The van der Waals surface area contributed by atoms with Gasteiger partial charge in [0.05, 0.1) is 31.8 Å². The van der Waals surface area contributed by atoms with E-state index in [1.165, 1.54) is 11.1 Å². The molecule has 1 atom stereocenters. The van der Waals surface area contributed by atoms with Crippen LogP contribution in [-0.4, -0.2) is 50.8 Å². The first-order valence-corrected chi connectivity index (χ1v) is 11.4. The van der Waals surface area contributed by atoms with E-state index in [0.717, 1.165) is 63.3 Å². The van der Waals surface area contributed by atoms with Crippen molar-refractivity contribution < 1.29 is 14.3 Å². The standard InChI is InChI=1S/C26H34N2O3/c1-20-6-5-7-22(18-20)26(12-3-4-13-26)25(29)27-19-24(28-14-16-31-17-15-28)21-8-10-23(30-2)11-9-21/h5-11,18,24H,3-4,12-17,19H2,1-2H3,(H,27,29). The van der Waals surface area contributed by atoms with Crippen molar-refractivity contribution >= 4 is 5.91 Å². The largest absolute Gasteiger partial charge is 0.497 e. The highest BCUT2D eigenvalue weighted by Crippen LogP contribution is 2.41. The van der Waals surface area contributed by atoms with Gasteiger partial charge in [-0.05, 0) is 43.0 Å². The number of hydrogen-bond acceptors (Lipinski definition) is 4. The number of carbonyl (C=O) groups excluding carboxylic acids is 1. The SMILES string of the molecule is COc1ccc(C(CNC(=O)C2(c3cccc(C)c3)CCCC2)N2CCOCC2)cc1. The number of morpholine rings is 1. The highest BCUT2D eigenvalue weighted by molar-refractivity contribution is 5.88. The number of nitrogens with one attached hydrogen (secondary N) is 1. The van der Waals surface area contributed by atoms with Crippen LogP contribution in [0.15, 0.2) is 48.5 Å². The number of aryl methyl sites for hydroxylation is 1. The Balaban J connectivity index is 1.54. The number of rotatable bonds is 7. The van der Waals surface area contributed by atoms with E-state index in [-0.39, 0.29) is 11.9 Å².